The van der Waals surface area contributed by atoms with E-state index in [0.717, 1.165) is 19.2 Å². The summed E-state index contributed by atoms with van der Waals surface area (Å²) in [5.74, 6) is -1.32. The number of hydrogen-bond acceptors (Lipinski definition) is 5. The summed E-state index contributed by atoms with van der Waals surface area (Å²) in [6.45, 7) is -3.14. The van der Waals surface area contributed by atoms with E-state index in [2.05, 4.69) is 9.47 Å². The Morgan fingerprint density at radius 2 is 2.17 bits per heavy atom. The molecule has 5 nitrogen and oxygen atoms in total. The molecule has 0 atom stereocenters. The molecule has 0 aliphatic carbocycles. The summed E-state index contributed by atoms with van der Waals surface area (Å²) in [5.41, 5.74) is -0.677. The van der Waals surface area contributed by atoms with Crippen LogP contribution in [0.2, 0.25) is 0 Å². The smallest absolute Gasteiger partial charge is 0.387 e. The maximum atomic E-state index is 12.1. The molecule has 0 unspecified atom stereocenters. The standard InChI is InChI=1S/C11H7F2NO4/c1-17-10(16)8-2-6(4-14)9(18-11(12)13)3-7(8)5-15/h2-3,5,11H,1H3. The highest BCUT2D eigenvalue weighted by molar-refractivity contribution is 5.99. The first kappa shape index (κ1) is 13.6. The number of methoxy groups -OCH3 is 1. The molecule has 7 heteroatoms. The number of nitrogens with zero attached hydrogens (tertiary/aromatic N) is 1. The van der Waals surface area contributed by atoms with Gasteiger partial charge in [-0.25, -0.2) is 4.79 Å². The molecule has 0 saturated carbocycles. The second kappa shape index (κ2) is 5.72. The quantitative estimate of drug-likeness (QED) is 0.605. The molecule has 0 amide bonds. The molecule has 1 aromatic rings. The van der Waals surface area contributed by atoms with Crippen LogP contribution in [0.5, 0.6) is 5.75 Å². The molecular weight excluding hydrogens is 248 g/mol. The Hall–Kier alpha value is -2.49. The van der Waals surface area contributed by atoms with Crippen molar-refractivity contribution in [3.8, 4) is 11.8 Å². The van der Waals surface area contributed by atoms with Gasteiger partial charge in [0.15, 0.2) is 6.29 Å². The summed E-state index contributed by atoms with van der Waals surface area (Å²) in [5, 5.41) is 8.76. The highest BCUT2D eigenvalue weighted by Gasteiger charge is 2.18. The molecule has 0 spiro atoms. The lowest BCUT2D eigenvalue weighted by Crippen LogP contribution is -2.09. The van der Waals surface area contributed by atoms with Crippen LogP contribution in [0.1, 0.15) is 26.3 Å². The van der Waals surface area contributed by atoms with Crippen molar-refractivity contribution in [3.63, 3.8) is 0 Å². The number of halogens is 2. The number of esters is 1. The van der Waals surface area contributed by atoms with E-state index >= 15 is 0 Å². The highest BCUT2D eigenvalue weighted by Crippen LogP contribution is 2.24. The van der Waals surface area contributed by atoms with E-state index in [-0.39, 0.29) is 23.0 Å². The van der Waals surface area contributed by atoms with Crippen molar-refractivity contribution in [1.82, 2.24) is 0 Å². The van der Waals surface area contributed by atoms with E-state index in [1.54, 1.807) is 6.07 Å². The molecule has 0 N–H and O–H groups in total. The van der Waals surface area contributed by atoms with E-state index < -0.39 is 18.3 Å². The van der Waals surface area contributed by atoms with Crippen molar-refractivity contribution < 1.29 is 27.8 Å². The normalized spacial score (nSPS) is 9.72. The van der Waals surface area contributed by atoms with Crippen molar-refractivity contribution >= 4 is 12.3 Å². The molecule has 0 fully saturated rings. The van der Waals surface area contributed by atoms with Gasteiger partial charge in [0.05, 0.1) is 18.2 Å². The first-order chi connectivity index (χ1) is 8.53. The molecule has 0 saturated heterocycles. The zero-order valence-electron chi connectivity index (χ0n) is 9.15. The van der Waals surface area contributed by atoms with Crippen LogP contribution < -0.4 is 4.74 Å². The summed E-state index contributed by atoms with van der Waals surface area (Å²) in [6.07, 6.45) is 0.283. The number of ether oxygens (including phenoxy) is 2. The monoisotopic (exact) mass is 255 g/mol. The Morgan fingerprint density at radius 3 is 2.61 bits per heavy atom. The van der Waals surface area contributed by atoms with Gasteiger partial charge in [-0.15, -0.1) is 0 Å². The Morgan fingerprint density at radius 1 is 1.50 bits per heavy atom. The van der Waals surface area contributed by atoms with Crippen molar-refractivity contribution in [2.24, 2.45) is 0 Å². The number of carbonyl (C=O) groups excluding carboxylic acids is 2. The third-order valence-corrected chi connectivity index (χ3v) is 2.02. The first-order valence-corrected chi connectivity index (χ1v) is 4.60. The second-order valence-electron chi connectivity index (χ2n) is 3.04. The number of aldehydes is 1. The van der Waals surface area contributed by atoms with E-state index in [4.69, 9.17) is 5.26 Å². The average Bonchev–Trinajstić information content (AvgIpc) is 2.36. The van der Waals surface area contributed by atoms with Crippen LogP contribution in [-0.2, 0) is 4.74 Å². The lowest BCUT2D eigenvalue weighted by Gasteiger charge is -2.09. The van der Waals surface area contributed by atoms with Gasteiger partial charge < -0.3 is 9.47 Å². The number of rotatable bonds is 4. The molecule has 0 bridgehead atoms. The zero-order chi connectivity index (χ0) is 13.7. The van der Waals surface area contributed by atoms with Crippen molar-refractivity contribution in [2.45, 2.75) is 6.61 Å². The second-order valence-corrected chi connectivity index (χ2v) is 3.04. The molecule has 94 valence electrons. The molecule has 1 aromatic carbocycles. The van der Waals surface area contributed by atoms with Crippen LogP contribution in [0.3, 0.4) is 0 Å². The maximum Gasteiger partial charge on any atom is 0.387 e. The highest BCUT2D eigenvalue weighted by atomic mass is 19.3. The molecular formula is C11H7F2NO4. The fourth-order valence-electron chi connectivity index (χ4n) is 1.26. The molecule has 18 heavy (non-hydrogen) atoms. The molecule has 0 radical (unpaired) electrons. The fraction of sp³-hybridized carbons (Fsp3) is 0.182. The van der Waals surface area contributed by atoms with Crippen LogP contribution in [0, 0.1) is 11.3 Å². The summed E-state index contributed by atoms with van der Waals surface area (Å²) in [7, 11) is 1.09. The van der Waals surface area contributed by atoms with Gasteiger partial charge in [-0.05, 0) is 12.1 Å². The summed E-state index contributed by atoms with van der Waals surface area (Å²) in [4.78, 5) is 22.1. The summed E-state index contributed by atoms with van der Waals surface area (Å²) < 4.78 is 32.7. The Balaban J connectivity index is 3.37. The minimum Gasteiger partial charge on any atom is -0.465 e. The van der Waals surface area contributed by atoms with Crippen molar-refractivity contribution in [3.05, 3.63) is 28.8 Å². The number of benzene rings is 1. The lowest BCUT2D eigenvalue weighted by molar-refractivity contribution is -0.0500. The Labute approximate surface area is 101 Å². The summed E-state index contributed by atoms with van der Waals surface area (Å²) in [6, 6.07) is 3.45. The topological polar surface area (TPSA) is 76.4 Å². The Kier molecular flexibility index (Phi) is 4.32. The minimum absolute atomic E-state index is 0.189. The average molecular weight is 255 g/mol. The largest absolute Gasteiger partial charge is 0.465 e. The number of carbonyl (C=O) groups is 2. The number of alkyl halides is 2. The molecule has 0 aliphatic rings. The number of hydrogen-bond donors (Lipinski definition) is 0. The minimum atomic E-state index is -3.14. The summed E-state index contributed by atoms with van der Waals surface area (Å²) >= 11 is 0. The van der Waals surface area contributed by atoms with Gasteiger partial charge in [-0.3, -0.25) is 4.79 Å². The SMILES string of the molecule is COC(=O)c1cc(C#N)c(OC(F)F)cc1C=O. The third kappa shape index (κ3) is 2.79. The van der Waals surface area contributed by atoms with Gasteiger partial charge in [0.25, 0.3) is 0 Å². The van der Waals surface area contributed by atoms with Crippen LogP contribution in [0.15, 0.2) is 12.1 Å². The number of nitriles is 1. The van der Waals surface area contributed by atoms with E-state index in [9.17, 15) is 18.4 Å². The zero-order valence-corrected chi connectivity index (χ0v) is 9.15. The maximum absolute atomic E-state index is 12.1. The third-order valence-electron chi connectivity index (χ3n) is 2.02. The van der Waals surface area contributed by atoms with Crippen LogP contribution in [-0.4, -0.2) is 26.0 Å². The van der Waals surface area contributed by atoms with Crippen LogP contribution in [0.25, 0.3) is 0 Å². The molecule has 0 aromatic heterocycles. The first-order valence-electron chi connectivity index (χ1n) is 4.60. The van der Waals surface area contributed by atoms with Gasteiger partial charge in [0, 0.05) is 5.56 Å². The van der Waals surface area contributed by atoms with Gasteiger partial charge >= 0.3 is 12.6 Å². The van der Waals surface area contributed by atoms with E-state index in [1.807, 2.05) is 0 Å². The van der Waals surface area contributed by atoms with Crippen molar-refractivity contribution in [2.75, 3.05) is 7.11 Å². The predicted molar refractivity (Wildman–Crippen MR) is 54.5 cm³/mol. The molecule has 0 heterocycles. The molecule has 1 rings (SSSR count). The predicted octanol–water partition coefficient (Wildman–Crippen LogP) is 1.76. The molecule has 0 aliphatic heterocycles. The lowest BCUT2D eigenvalue weighted by atomic mass is 10.0. The Bertz CT molecular complexity index is 523. The van der Waals surface area contributed by atoms with Crippen LogP contribution in [0.4, 0.5) is 8.78 Å². The van der Waals surface area contributed by atoms with Crippen molar-refractivity contribution in [1.29, 1.82) is 5.26 Å². The van der Waals surface area contributed by atoms with Gasteiger partial charge in [0.2, 0.25) is 0 Å². The van der Waals surface area contributed by atoms with E-state index in [0.29, 0.717) is 0 Å². The fourth-order valence-corrected chi connectivity index (χ4v) is 1.26. The van der Waals surface area contributed by atoms with Gasteiger partial charge in [0.1, 0.15) is 11.8 Å². The van der Waals surface area contributed by atoms with Crippen LogP contribution >= 0.6 is 0 Å². The van der Waals surface area contributed by atoms with Gasteiger partial charge in [-0.1, -0.05) is 0 Å². The van der Waals surface area contributed by atoms with Gasteiger partial charge in [-0.2, -0.15) is 14.0 Å². The van der Waals surface area contributed by atoms with E-state index in [1.165, 1.54) is 0 Å².